The van der Waals surface area contributed by atoms with Crippen LogP contribution in [0, 0.1) is 0 Å². The number of hydrogen-bond acceptors (Lipinski definition) is 4. The standard InChI is InChI=1S/C21H23ClN2O4S/c1-4-24(5-2)29(26,27)16-10-11-18(22)17(13-16)21(25)23-14(3)20-12-15-8-6-7-9-19(15)28-20/h6-14H,4-5H2,1-3H3,(H,23,25)/t14-/m0/s1. The van der Waals surface area contributed by atoms with E-state index in [0.29, 0.717) is 18.8 Å². The van der Waals surface area contributed by atoms with E-state index >= 15 is 0 Å². The second-order valence-corrected chi connectivity index (χ2v) is 8.96. The number of para-hydroxylation sites is 1. The van der Waals surface area contributed by atoms with Gasteiger partial charge in [-0.15, -0.1) is 0 Å². The van der Waals surface area contributed by atoms with Crippen LogP contribution >= 0.6 is 11.6 Å². The summed E-state index contributed by atoms with van der Waals surface area (Å²) in [5, 5.41) is 3.94. The van der Waals surface area contributed by atoms with Crippen molar-refractivity contribution in [2.75, 3.05) is 13.1 Å². The first-order chi connectivity index (χ1) is 13.8. The van der Waals surface area contributed by atoms with Crippen molar-refractivity contribution in [1.82, 2.24) is 9.62 Å². The first kappa shape index (κ1) is 21.4. The van der Waals surface area contributed by atoms with Gasteiger partial charge in [0.25, 0.3) is 5.91 Å². The van der Waals surface area contributed by atoms with Crippen molar-refractivity contribution in [3.05, 3.63) is 64.9 Å². The maximum Gasteiger partial charge on any atom is 0.253 e. The summed E-state index contributed by atoms with van der Waals surface area (Å²) in [6.45, 7) is 6.00. The lowest BCUT2D eigenvalue weighted by atomic mass is 10.1. The van der Waals surface area contributed by atoms with E-state index in [1.54, 1.807) is 20.8 Å². The molecule has 3 rings (SSSR count). The lowest BCUT2D eigenvalue weighted by Gasteiger charge is -2.19. The van der Waals surface area contributed by atoms with Crippen LogP contribution in [-0.2, 0) is 10.0 Å². The molecular formula is C21H23ClN2O4S. The number of fused-ring (bicyclic) bond motifs is 1. The van der Waals surface area contributed by atoms with Gasteiger partial charge >= 0.3 is 0 Å². The topological polar surface area (TPSA) is 79.6 Å². The van der Waals surface area contributed by atoms with Gasteiger partial charge in [-0.2, -0.15) is 4.31 Å². The molecule has 29 heavy (non-hydrogen) atoms. The molecule has 0 aliphatic heterocycles. The highest BCUT2D eigenvalue weighted by Crippen LogP contribution is 2.26. The molecule has 0 saturated carbocycles. The van der Waals surface area contributed by atoms with E-state index in [2.05, 4.69) is 5.32 Å². The zero-order chi connectivity index (χ0) is 21.2. The molecule has 1 heterocycles. The van der Waals surface area contributed by atoms with Crippen LogP contribution in [0.2, 0.25) is 5.02 Å². The predicted molar refractivity (Wildman–Crippen MR) is 114 cm³/mol. The molecule has 0 radical (unpaired) electrons. The van der Waals surface area contributed by atoms with Gasteiger partial charge in [0.1, 0.15) is 11.3 Å². The number of nitrogens with zero attached hydrogens (tertiary/aromatic N) is 1. The molecule has 1 atom stereocenters. The summed E-state index contributed by atoms with van der Waals surface area (Å²) in [6, 6.07) is 13.2. The summed E-state index contributed by atoms with van der Waals surface area (Å²) in [4.78, 5) is 12.8. The van der Waals surface area contributed by atoms with Crippen molar-refractivity contribution in [1.29, 1.82) is 0 Å². The molecule has 1 aromatic heterocycles. The highest BCUT2D eigenvalue weighted by molar-refractivity contribution is 7.89. The first-order valence-corrected chi connectivity index (χ1v) is 11.2. The molecule has 154 valence electrons. The van der Waals surface area contributed by atoms with Crippen molar-refractivity contribution < 1.29 is 17.6 Å². The van der Waals surface area contributed by atoms with Crippen molar-refractivity contribution in [2.24, 2.45) is 0 Å². The third-order valence-corrected chi connectivity index (χ3v) is 7.12. The summed E-state index contributed by atoms with van der Waals surface area (Å²) >= 11 is 6.19. The molecule has 0 aliphatic carbocycles. The maximum absolute atomic E-state index is 12.8. The zero-order valence-corrected chi connectivity index (χ0v) is 18.0. The number of carbonyl (C=O) groups excluding carboxylic acids is 1. The van der Waals surface area contributed by atoms with Gasteiger partial charge in [0, 0.05) is 18.5 Å². The molecule has 1 N–H and O–H groups in total. The molecule has 2 aromatic carbocycles. The fourth-order valence-electron chi connectivity index (χ4n) is 3.11. The monoisotopic (exact) mass is 434 g/mol. The normalized spacial score (nSPS) is 13.0. The molecule has 6 nitrogen and oxygen atoms in total. The van der Waals surface area contributed by atoms with Crippen molar-refractivity contribution >= 4 is 38.5 Å². The zero-order valence-electron chi connectivity index (χ0n) is 16.5. The number of hydrogen-bond donors (Lipinski definition) is 1. The fourth-order valence-corrected chi connectivity index (χ4v) is 4.80. The minimum atomic E-state index is -3.70. The van der Waals surface area contributed by atoms with E-state index in [1.165, 1.54) is 22.5 Å². The fraction of sp³-hybridized carbons (Fsp3) is 0.286. The van der Waals surface area contributed by atoms with Crippen LogP contribution in [0.25, 0.3) is 11.0 Å². The highest BCUT2D eigenvalue weighted by atomic mass is 35.5. The van der Waals surface area contributed by atoms with Gasteiger partial charge in [-0.3, -0.25) is 4.79 Å². The smallest absolute Gasteiger partial charge is 0.253 e. The van der Waals surface area contributed by atoms with E-state index in [4.69, 9.17) is 16.0 Å². The third-order valence-electron chi connectivity index (χ3n) is 4.74. The van der Waals surface area contributed by atoms with Gasteiger partial charge in [-0.1, -0.05) is 43.6 Å². The molecule has 0 bridgehead atoms. The van der Waals surface area contributed by atoms with Crippen LogP contribution < -0.4 is 5.32 Å². The largest absolute Gasteiger partial charge is 0.459 e. The Morgan fingerprint density at radius 2 is 1.83 bits per heavy atom. The Morgan fingerprint density at radius 3 is 2.48 bits per heavy atom. The number of furan rings is 1. The number of amides is 1. The van der Waals surface area contributed by atoms with Crippen LogP contribution in [0.15, 0.2) is 57.8 Å². The molecule has 1 amide bonds. The lowest BCUT2D eigenvalue weighted by molar-refractivity contribution is 0.0935. The molecule has 8 heteroatoms. The third kappa shape index (κ3) is 4.32. The highest BCUT2D eigenvalue weighted by Gasteiger charge is 2.24. The lowest BCUT2D eigenvalue weighted by Crippen LogP contribution is -2.31. The molecular weight excluding hydrogens is 412 g/mol. The number of nitrogens with one attached hydrogen (secondary N) is 1. The van der Waals surface area contributed by atoms with Crippen molar-refractivity contribution in [3.8, 4) is 0 Å². The molecule has 3 aromatic rings. The number of carbonyl (C=O) groups is 1. The van der Waals surface area contributed by atoms with Gasteiger partial charge in [0.15, 0.2) is 0 Å². The molecule has 0 spiro atoms. The summed E-state index contributed by atoms with van der Waals surface area (Å²) in [5.41, 5.74) is 0.830. The van der Waals surface area contributed by atoms with Gasteiger partial charge in [0.2, 0.25) is 10.0 Å². The van der Waals surface area contributed by atoms with Crippen LogP contribution in [0.4, 0.5) is 0 Å². The predicted octanol–water partition coefficient (Wildman–Crippen LogP) is 4.61. The van der Waals surface area contributed by atoms with E-state index in [1.807, 2.05) is 30.3 Å². The van der Waals surface area contributed by atoms with E-state index < -0.39 is 22.0 Å². The first-order valence-electron chi connectivity index (χ1n) is 9.37. The van der Waals surface area contributed by atoms with E-state index in [9.17, 15) is 13.2 Å². The summed E-state index contributed by atoms with van der Waals surface area (Å²) in [6.07, 6.45) is 0. The maximum atomic E-state index is 12.8. The summed E-state index contributed by atoms with van der Waals surface area (Å²) in [7, 11) is -3.70. The van der Waals surface area contributed by atoms with Crippen LogP contribution in [0.5, 0.6) is 0 Å². The minimum absolute atomic E-state index is 0.0344. The average molecular weight is 435 g/mol. The summed E-state index contributed by atoms with van der Waals surface area (Å²) in [5.74, 6) is 0.127. The van der Waals surface area contributed by atoms with E-state index in [-0.39, 0.29) is 15.5 Å². The Hall–Kier alpha value is -2.35. The van der Waals surface area contributed by atoms with Gasteiger partial charge < -0.3 is 9.73 Å². The number of benzene rings is 2. The van der Waals surface area contributed by atoms with Gasteiger partial charge in [-0.25, -0.2) is 8.42 Å². The Balaban J connectivity index is 1.87. The molecule has 0 unspecified atom stereocenters. The van der Waals surface area contributed by atoms with Gasteiger partial charge in [-0.05, 0) is 37.3 Å². The second-order valence-electron chi connectivity index (χ2n) is 6.61. The molecule has 0 aliphatic rings. The minimum Gasteiger partial charge on any atom is -0.459 e. The van der Waals surface area contributed by atoms with E-state index in [0.717, 1.165) is 11.0 Å². The van der Waals surface area contributed by atoms with Gasteiger partial charge in [0.05, 0.1) is 21.5 Å². The number of rotatable bonds is 7. The second kappa shape index (κ2) is 8.57. The molecule has 0 saturated heterocycles. The summed E-state index contributed by atoms with van der Waals surface area (Å²) < 4.78 is 32.6. The Bertz CT molecular complexity index is 1100. The SMILES string of the molecule is CCN(CC)S(=O)(=O)c1ccc(Cl)c(C(=O)N[C@@H](C)c2cc3ccccc3o2)c1. The van der Waals surface area contributed by atoms with Crippen LogP contribution in [-0.4, -0.2) is 31.7 Å². The number of halogens is 1. The quantitative estimate of drug-likeness (QED) is 0.589. The van der Waals surface area contributed by atoms with Crippen LogP contribution in [0.1, 0.15) is 42.9 Å². The Labute approximate surface area is 175 Å². The van der Waals surface area contributed by atoms with Crippen molar-refractivity contribution in [2.45, 2.75) is 31.7 Å². The van der Waals surface area contributed by atoms with Crippen molar-refractivity contribution in [3.63, 3.8) is 0 Å². The number of sulfonamides is 1. The average Bonchev–Trinajstić information content (AvgIpc) is 3.13. The Morgan fingerprint density at radius 1 is 1.14 bits per heavy atom. The van der Waals surface area contributed by atoms with Crippen LogP contribution in [0.3, 0.4) is 0 Å². The Kier molecular flexibility index (Phi) is 6.31. The molecule has 0 fully saturated rings.